The molecule has 0 spiro atoms. The molecule has 3 N–H and O–H groups in total. The Bertz CT molecular complexity index is 635. The van der Waals surface area contributed by atoms with Gasteiger partial charge in [-0.1, -0.05) is 56.1 Å². The molecular formula is C24H36O4. The van der Waals surface area contributed by atoms with Crippen LogP contribution in [-0.2, 0) is 4.79 Å². The van der Waals surface area contributed by atoms with Crippen molar-refractivity contribution >= 4 is 5.97 Å². The van der Waals surface area contributed by atoms with Crippen molar-refractivity contribution in [1.29, 1.82) is 0 Å². The van der Waals surface area contributed by atoms with Gasteiger partial charge in [-0.3, -0.25) is 4.79 Å². The molecule has 3 aliphatic carbocycles. The van der Waals surface area contributed by atoms with Gasteiger partial charge in [0.25, 0.3) is 0 Å². The number of fused-ring (bicyclic) bond motifs is 1. The number of aliphatic carboxylic acids is 1. The lowest BCUT2D eigenvalue weighted by Crippen LogP contribution is -2.51. The van der Waals surface area contributed by atoms with Gasteiger partial charge in [-0.15, -0.1) is 0 Å². The van der Waals surface area contributed by atoms with Crippen LogP contribution < -0.4 is 0 Å². The Morgan fingerprint density at radius 2 is 2.04 bits per heavy atom. The summed E-state index contributed by atoms with van der Waals surface area (Å²) in [6.07, 6.45) is 12.1. The number of allylic oxidation sites excluding steroid dienone is 2. The molecule has 0 aromatic heterocycles. The van der Waals surface area contributed by atoms with Gasteiger partial charge in [0, 0.05) is 12.8 Å². The minimum Gasteiger partial charge on any atom is -0.481 e. The average molecular weight is 389 g/mol. The van der Waals surface area contributed by atoms with E-state index < -0.39 is 11.6 Å². The van der Waals surface area contributed by atoms with Gasteiger partial charge in [0.05, 0.1) is 17.6 Å². The van der Waals surface area contributed by atoms with E-state index in [0.29, 0.717) is 30.6 Å². The standard InChI is InChI=1S/C24H36O4/c1-2-3-8-18-17(9-6-11-22(26)27)19-12-13-21(25)20(23(18)19)10-7-16-24(28)14-4-5-15-24/h9,18-21,23,25,28H,2-6,8,11-16H2,1H3,(H,26,27)/b17-9-. The molecule has 0 bridgehead atoms. The van der Waals surface area contributed by atoms with E-state index in [1.54, 1.807) is 0 Å². The fourth-order valence-corrected chi connectivity index (χ4v) is 5.71. The number of aliphatic hydroxyl groups excluding tert-OH is 1. The maximum absolute atomic E-state index is 10.9. The van der Waals surface area contributed by atoms with Gasteiger partial charge in [0.15, 0.2) is 0 Å². The Morgan fingerprint density at radius 1 is 1.29 bits per heavy atom. The van der Waals surface area contributed by atoms with E-state index in [2.05, 4.69) is 24.8 Å². The topological polar surface area (TPSA) is 77.8 Å². The number of carboxylic acids is 1. The summed E-state index contributed by atoms with van der Waals surface area (Å²) in [6, 6.07) is 0. The minimum atomic E-state index is -0.745. The summed E-state index contributed by atoms with van der Waals surface area (Å²) in [5, 5.41) is 30.2. The number of aliphatic hydroxyl groups is 2. The Hall–Kier alpha value is -1.31. The van der Waals surface area contributed by atoms with Gasteiger partial charge in [-0.2, -0.15) is 0 Å². The highest BCUT2D eigenvalue weighted by Gasteiger charge is 2.52. The van der Waals surface area contributed by atoms with Crippen LogP contribution in [0.5, 0.6) is 0 Å². The first kappa shape index (κ1) is 21.4. The highest BCUT2D eigenvalue weighted by molar-refractivity contribution is 5.66. The van der Waals surface area contributed by atoms with Crippen molar-refractivity contribution in [3.05, 3.63) is 11.6 Å². The molecule has 4 heteroatoms. The maximum atomic E-state index is 10.9. The van der Waals surface area contributed by atoms with E-state index in [9.17, 15) is 15.0 Å². The second-order valence-corrected chi connectivity index (χ2v) is 9.17. The predicted molar refractivity (Wildman–Crippen MR) is 109 cm³/mol. The number of carboxylic acid groups (broad SMARTS) is 1. The third kappa shape index (κ3) is 4.81. The molecule has 0 heterocycles. The second kappa shape index (κ2) is 9.46. The molecule has 0 amide bonds. The summed E-state index contributed by atoms with van der Waals surface area (Å²) in [7, 11) is 0. The second-order valence-electron chi connectivity index (χ2n) is 9.17. The summed E-state index contributed by atoms with van der Waals surface area (Å²) < 4.78 is 0. The van der Waals surface area contributed by atoms with Crippen molar-refractivity contribution in [2.24, 2.45) is 23.7 Å². The molecule has 4 nitrogen and oxygen atoms in total. The number of rotatable bonds is 7. The fourth-order valence-electron chi connectivity index (χ4n) is 5.71. The Kier molecular flexibility index (Phi) is 7.23. The molecular weight excluding hydrogens is 352 g/mol. The third-order valence-corrected chi connectivity index (χ3v) is 7.22. The van der Waals surface area contributed by atoms with Gasteiger partial charge in [0.2, 0.25) is 0 Å². The van der Waals surface area contributed by atoms with Crippen LogP contribution in [0.2, 0.25) is 0 Å². The lowest BCUT2D eigenvalue weighted by molar-refractivity contribution is -0.136. The van der Waals surface area contributed by atoms with Crippen LogP contribution in [-0.4, -0.2) is 33.0 Å². The van der Waals surface area contributed by atoms with E-state index in [0.717, 1.165) is 57.8 Å². The van der Waals surface area contributed by atoms with E-state index in [-0.39, 0.29) is 18.4 Å². The zero-order valence-electron chi connectivity index (χ0n) is 17.2. The normalized spacial score (nSPS) is 35.0. The summed E-state index contributed by atoms with van der Waals surface area (Å²) in [5.41, 5.74) is 0.808. The molecule has 3 rings (SSSR count). The molecule has 3 fully saturated rings. The molecule has 3 aliphatic rings. The monoisotopic (exact) mass is 388 g/mol. The molecule has 0 aromatic carbocycles. The molecule has 0 saturated heterocycles. The van der Waals surface area contributed by atoms with E-state index in [1.165, 1.54) is 5.57 Å². The Labute approximate surface area is 169 Å². The minimum absolute atomic E-state index is 0.0118. The average Bonchev–Trinajstić information content (AvgIpc) is 3.07. The van der Waals surface area contributed by atoms with Gasteiger partial charge >= 0.3 is 5.97 Å². The number of hydrogen-bond acceptors (Lipinski definition) is 3. The van der Waals surface area contributed by atoms with Crippen LogP contribution in [0.15, 0.2) is 11.6 Å². The van der Waals surface area contributed by atoms with Crippen molar-refractivity contribution in [2.75, 3.05) is 0 Å². The van der Waals surface area contributed by atoms with Crippen molar-refractivity contribution < 1.29 is 20.1 Å². The van der Waals surface area contributed by atoms with E-state index in [4.69, 9.17) is 5.11 Å². The van der Waals surface area contributed by atoms with Crippen molar-refractivity contribution in [3.63, 3.8) is 0 Å². The van der Waals surface area contributed by atoms with Crippen LogP contribution in [0.3, 0.4) is 0 Å². The highest BCUT2D eigenvalue weighted by atomic mass is 16.4. The van der Waals surface area contributed by atoms with Crippen molar-refractivity contribution in [2.45, 2.75) is 95.7 Å². The fraction of sp³-hybridized carbons (Fsp3) is 0.792. The summed E-state index contributed by atoms with van der Waals surface area (Å²) in [4.78, 5) is 10.9. The van der Waals surface area contributed by atoms with Gasteiger partial charge in [0.1, 0.15) is 0 Å². The van der Waals surface area contributed by atoms with Crippen LogP contribution in [0.1, 0.15) is 84.0 Å². The highest BCUT2D eigenvalue weighted by Crippen LogP contribution is 2.57. The first-order valence-corrected chi connectivity index (χ1v) is 11.3. The van der Waals surface area contributed by atoms with Gasteiger partial charge in [-0.25, -0.2) is 0 Å². The van der Waals surface area contributed by atoms with Gasteiger partial charge in [-0.05, 0) is 56.3 Å². The molecule has 156 valence electrons. The Balaban J connectivity index is 1.71. The van der Waals surface area contributed by atoms with E-state index >= 15 is 0 Å². The van der Waals surface area contributed by atoms with Crippen LogP contribution >= 0.6 is 0 Å². The zero-order chi connectivity index (χ0) is 20.1. The summed E-state index contributed by atoms with van der Waals surface area (Å²) in [5.74, 6) is 7.13. The molecule has 5 unspecified atom stereocenters. The zero-order valence-corrected chi connectivity index (χ0v) is 17.2. The lowest BCUT2D eigenvalue weighted by Gasteiger charge is -2.55. The molecule has 28 heavy (non-hydrogen) atoms. The van der Waals surface area contributed by atoms with Crippen LogP contribution in [0, 0.1) is 35.5 Å². The SMILES string of the molecule is CCCCC1/C(=C/CCC(=O)O)C2CCC(O)C(C#CCC3(O)CCCC3)C12. The van der Waals surface area contributed by atoms with Crippen molar-refractivity contribution in [1.82, 2.24) is 0 Å². The quantitative estimate of drug-likeness (QED) is 0.449. The number of unbranched alkanes of at least 4 members (excludes halogenated alkanes) is 1. The van der Waals surface area contributed by atoms with Gasteiger partial charge < -0.3 is 15.3 Å². The van der Waals surface area contributed by atoms with Crippen molar-refractivity contribution in [3.8, 4) is 11.8 Å². The lowest BCUT2D eigenvalue weighted by atomic mass is 9.50. The predicted octanol–water partition coefficient (Wildman–Crippen LogP) is 4.30. The molecule has 5 atom stereocenters. The first-order chi connectivity index (χ1) is 13.4. The first-order valence-electron chi connectivity index (χ1n) is 11.3. The van der Waals surface area contributed by atoms with Crippen LogP contribution in [0.4, 0.5) is 0 Å². The molecule has 0 radical (unpaired) electrons. The summed E-state index contributed by atoms with van der Waals surface area (Å²) >= 11 is 0. The Morgan fingerprint density at radius 3 is 2.71 bits per heavy atom. The van der Waals surface area contributed by atoms with E-state index in [1.807, 2.05) is 0 Å². The maximum Gasteiger partial charge on any atom is 0.303 e. The number of hydrogen-bond donors (Lipinski definition) is 3. The third-order valence-electron chi connectivity index (χ3n) is 7.22. The molecule has 0 aliphatic heterocycles. The largest absolute Gasteiger partial charge is 0.481 e. The molecule has 3 saturated carbocycles. The number of carbonyl (C=O) groups is 1. The van der Waals surface area contributed by atoms with Crippen LogP contribution in [0.25, 0.3) is 0 Å². The molecule has 0 aromatic rings. The summed E-state index contributed by atoms with van der Waals surface area (Å²) in [6.45, 7) is 2.19. The smallest absolute Gasteiger partial charge is 0.303 e.